The highest BCUT2D eigenvalue weighted by atomic mass is 35.5. The Morgan fingerprint density at radius 1 is 1.13 bits per heavy atom. The van der Waals surface area contributed by atoms with Crippen LogP contribution < -0.4 is 14.8 Å². The molecule has 1 fully saturated rings. The Morgan fingerprint density at radius 3 is 2.43 bits per heavy atom. The quantitative estimate of drug-likeness (QED) is 0.595. The predicted molar refractivity (Wildman–Crippen MR) is 118 cm³/mol. The largest absolute Gasteiger partial charge is 0.482 e. The van der Waals surface area contributed by atoms with Gasteiger partial charge in [0.05, 0.1) is 16.0 Å². The summed E-state index contributed by atoms with van der Waals surface area (Å²) < 4.78 is 33.2. The number of sulfonamides is 1. The highest BCUT2D eigenvalue weighted by Crippen LogP contribution is 2.28. The van der Waals surface area contributed by atoms with E-state index in [2.05, 4.69) is 10.0 Å². The lowest BCUT2D eigenvalue weighted by molar-refractivity contribution is -0.123. The minimum atomic E-state index is -3.64. The molecule has 2 aromatic carbocycles. The Morgan fingerprint density at radius 2 is 1.80 bits per heavy atom. The van der Waals surface area contributed by atoms with E-state index >= 15 is 0 Å². The monoisotopic (exact) mass is 470 g/mol. The summed E-state index contributed by atoms with van der Waals surface area (Å²) in [7, 11) is -3.64. The zero-order valence-electron chi connectivity index (χ0n) is 16.5. The number of carbonyl (C=O) groups excluding carboxylic acids is 1. The van der Waals surface area contributed by atoms with Crippen molar-refractivity contribution in [2.45, 2.75) is 49.6 Å². The van der Waals surface area contributed by atoms with Gasteiger partial charge in [-0.15, -0.1) is 0 Å². The van der Waals surface area contributed by atoms with E-state index in [0.717, 1.165) is 31.2 Å². The maximum Gasteiger partial charge on any atom is 0.258 e. The lowest BCUT2D eigenvalue weighted by Crippen LogP contribution is -2.32. The van der Waals surface area contributed by atoms with E-state index in [-0.39, 0.29) is 40.3 Å². The average Bonchev–Trinajstić information content (AvgIpc) is 3.19. The smallest absolute Gasteiger partial charge is 0.258 e. The number of rotatable bonds is 8. The Kier molecular flexibility index (Phi) is 7.63. The second-order valence-electron chi connectivity index (χ2n) is 7.32. The summed E-state index contributed by atoms with van der Waals surface area (Å²) in [6, 6.07) is 11.2. The van der Waals surface area contributed by atoms with Crippen LogP contribution in [0.1, 0.15) is 44.2 Å². The normalized spacial score (nSPS) is 15.7. The first-order chi connectivity index (χ1) is 14.2. The molecule has 0 saturated heterocycles. The molecule has 162 valence electrons. The maximum atomic E-state index is 12.5. The van der Waals surface area contributed by atoms with Gasteiger partial charge in [0.15, 0.2) is 6.61 Å². The molecule has 1 saturated carbocycles. The molecule has 0 radical (unpaired) electrons. The SMILES string of the molecule is C[C@@H](NC(=O)COc1ccc(S(=O)(=O)NC2CCCC2)cc1Cl)c1ccc(Cl)cc1. The molecule has 2 N–H and O–H groups in total. The number of halogens is 2. The van der Waals surface area contributed by atoms with Crippen molar-refractivity contribution < 1.29 is 17.9 Å². The van der Waals surface area contributed by atoms with Crippen LogP contribution in [0.2, 0.25) is 10.0 Å². The summed E-state index contributed by atoms with van der Waals surface area (Å²) in [6.07, 6.45) is 3.74. The molecule has 1 amide bonds. The summed E-state index contributed by atoms with van der Waals surface area (Å²) in [4.78, 5) is 12.3. The van der Waals surface area contributed by atoms with Crippen LogP contribution in [-0.4, -0.2) is 27.0 Å². The van der Waals surface area contributed by atoms with E-state index < -0.39 is 10.0 Å². The second kappa shape index (κ2) is 10.0. The van der Waals surface area contributed by atoms with E-state index in [9.17, 15) is 13.2 Å². The molecule has 2 aromatic rings. The van der Waals surface area contributed by atoms with Crippen LogP contribution in [0.25, 0.3) is 0 Å². The first-order valence-corrected chi connectivity index (χ1v) is 12.0. The van der Waals surface area contributed by atoms with Gasteiger partial charge in [-0.2, -0.15) is 0 Å². The van der Waals surface area contributed by atoms with Gasteiger partial charge in [0, 0.05) is 11.1 Å². The van der Waals surface area contributed by atoms with Gasteiger partial charge in [-0.05, 0) is 55.7 Å². The summed E-state index contributed by atoms with van der Waals surface area (Å²) in [5.41, 5.74) is 0.912. The van der Waals surface area contributed by atoms with Crippen LogP contribution in [0.3, 0.4) is 0 Å². The molecule has 0 aromatic heterocycles. The summed E-state index contributed by atoms with van der Waals surface area (Å²) in [6.45, 7) is 1.61. The van der Waals surface area contributed by atoms with Crippen LogP contribution >= 0.6 is 23.2 Å². The number of hydrogen-bond donors (Lipinski definition) is 2. The molecule has 3 rings (SSSR count). The third-order valence-corrected chi connectivity index (χ3v) is 7.06. The van der Waals surface area contributed by atoms with Crippen molar-refractivity contribution in [3.8, 4) is 5.75 Å². The third-order valence-electron chi connectivity index (χ3n) is 5.00. The fourth-order valence-electron chi connectivity index (χ4n) is 3.36. The van der Waals surface area contributed by atoms with Gasteiger partial charge in [-0.25, -0.2) is 13.1 Å². The number of amides is 1. The van der Waals surface area contributed by atoms with E-state index in [1.54, 1.807) is 12.1 Å². The van der Waals surface area contributed by atoms with Gasteiger partial charge in [-0.3, -0.25) is 4.79 Å². The van der Waals surface area contributed by atoms with Gasteiger partial charge < -0.3 is 10.1 Å². The Bertz CT molecular complexity index is 991. The van der Waals surface area contributed by atoms with Gasteiger partial charge >= 0.3 is 0 Å². The lowest BCUT2D eigenvalue weighted by atomic mass is 10.1. The van der Waals surface area contributed by atoms with Crippen LogP contribution in [-0.2, 0) is 14.8 Å². The van der Waals surface area contributed by atoms with E-state index in [1.807, 2.05) is 19.1 Å². The maximum absolute atomic E-state index is 12.5. The van der Waals surface area contributed by atoms with Crippen molar-refractivity contribution in [3.05, 3.63) is 58.1 Å². The van der Waals surface area contributed by atoms with E-state index in [4.69, 9.17) is 27.9 Å². The number of nitrogens with one attached hydrogen (secondary N) is 2. The first kappa shape index (κ1) is 22.9. The molecule has 0 bridgehead atoms. The molecule has 30 heavy (non-hydrogen) atoms. The van der Waals surface area contributed by atoms with Gasteiger partial charge in [0.1, 0.15) is 5.75 Å². The minimum Gasteiger partial charge on any atom is -0.482 e. The van der Waals surface area contributed by atoms with Crippen molar-refractivity contribution >= 4 is 39.1 Å². The topological polar surface area (TPSA) is 84.5 Å². The zero-order chi connectivity index (χ0) is 21.7. The van der Waals surface area contributed by atoms with Gasteiger partial charge in [0.25, 0.3) is 5.91 Å². The molecule has 0 aliphatic heterocycles. The average molecular weight is 471 g/mol. The fraction of sp³-hybridized carbons (Fsp3) is 0.381. The van der Waals surface area contributed by atoms with Crippen LogP contribution in [0.4, 0.5) is 0 Å². The highest BCUT2D eigenvalue weighted by molar-refractivity contribution is 7.89. The van der Waals surface area contributed by atoms with Crippen molar-refractivity contribution in [1.29, 1.82) is 0 Å². The fourth-order valence-corrected chi connectivity index (χ4v) is 5.11. The standard InChI is InChI=1S/C21H24Cl2N2O4S/c1-14(15-6-8-16(22)9-7-15)24-21(26)13-29-20-11-10-18(12-19(20)23)30(27,28)25-17-4-2-3-5-17/h6-12,14,17,25H,2-5,13H2,1H3,(H,24,26)/t14-/m1/s1. The molecule has 0 spiro atoms. The number of carbonyl (C=O) groups is 1. The van der Waals surface area contributed by atoms with Gasteiger partial charge in [0.2, 0.25) is 10.0 Å². The second-order valence-corrected chi connectivity index (χ2v) is 9.88. The summed E-state index contributed by atoms with van der Waals surface area (Å²) in [5.74, 6) is -0.0844. The summed E-state index contributed by atoms with van der Waals surface area (Å²) in [5, 5.41) is 3.58. The first-order valence-electron chi connectivity index (χ1n) is 9.74. The van der Waals surface area contributed by atoms with Crippen molar-refractivity contribution in [2.24, 2.45) is 0 Å². The minimum absolute atomic E-state index is 0.0315. The van der Waals surface area contributed by atoms with E-state index in [1.165, 1.54) is 18.2 Å². The van der Waals surface area contributed by atoms with Crippen LogP contribution in [0, 0.1) is 0 Å². The predicted octanol–water partition coefficient (Wildman–Crippen LogP) is 4.47. The molecule has 1 aliphatic rings. The molecule has 0 unspecified atom stereocenters. The number of benzene rings is 2. The lowest BCUT2D eigenvalue weighted by Gasteiger charge is -2.16. The van der Waals surface area contributed by atoms with Crippen molar-refractivity contribution in [2.75, 3.05) is 6.61 Å². The van der Waals surface area contributed by atoms with Crippen molar-refractivity contribution in [3.63, 3.8) is 0 Å². The van der Waals surface area contributed by atoms with Crippen molar-refractivity contribution in [1.82, 2.24) is 10.0 Å². The molecule has 1 atom stereocenters. The van der Waals surface area contributed by atoms with Gasteiger partial charge in [-0.1, -0.05) is 48.2 Å². The molecule has 0 heterocycles. The highest BCUT2D eigenvalue weighted by Gasteiger charge is 2.23. The molecular formula is C21H24Cl2N2O4S. The molecular weight excluding hydrogens is 447 g/mol. The Balaban J connectivity index is 1.56. The third kappa shape index (κ3) is 6.11. The van der Waals surface area contributed by atoms with Crippen LogP contribution in [0.15, 0.2) is 47.4 Å². The number of ether oxygens (including phenoxy) is 1. The molecule has 1 aliphatic carbocycles. The zero-order valence-corrected chi connectivity index (χ0v) is 18.9. The summed E-state index contributed by atoms with van der Waals surface area (Å²) >= 11 is 12.1. The molecule has 9 heteroatoms. The Labute approximate surface area is 187 Å². The molecule has 6 nitrogen and oxygen atoms in total. The van der Waals surface area contributed by atoms with Crippen LogP contribution in [0.5, 0.6) is 5.75 Å². The van der Waals surface area contributed by atoms with E-state index in [0.29, 0.717) is 5.02 Å². The number of hydrogen-bond acceptors (Lipinski definition) is 4. The Hall–Kier alpha value is -1.80.